The predicted molar refractivity (Wildman–Crippen MR) is 58.2 cm³/mol. The van der Waals surface area contributed by atoms with Gasteiger partial charge in [0.25, 0.3) is 0 Å². The third-order valence-corrected chi connectivity index (χ3v) is 2.92. The second kappa shape index (κ2) is 6.02. The zero-order valence-corrected chi connectivity index (χ0v) is 9.46. The van der Waals surface area contributed by atoms with E-state index in [0.29, 0.717) is 5.91 Å². The van der Waals surface area contributed by atoms with E-state index in [4.69, 9.17) is 0 Å². The predicted octanol–water partition coefficient (Wildman–Crippen LogP) is 1.34. The molecule has 3 heteroatoms. The number of carbonyl (C=O) groups is 1. The second-order valence-corrected chi connectivity index (χ2v) is 3.92. The van der Waals surface area contributed by atoms with Crippen LogP contribution in [0.1, 0.15) is 33.1 Å². The lowest BCUT2D eigenvalue weighted by molar-refractivity contribution is -0.133. The zero-order chi connectivity index (χ0) is 10.4. The Morgan fingerprint density at radius 1 is 1.14 bits per heavy atom. The summed E-state index contributed by atoms with van der Waals surface area (Å²) in [6.45, 7) is 9.36. The smallest absolute Gasteiger partial charge is 0.222 e. The molecule has 0 aliphatic carbocycles. The second-order valence-electron chi connectivity index (χ2n) is 3.92. The minimum Gasteiger partial charge on any atom is -0.340 e. The minimum absolute atomic E-state index is 0.350. The van der Waals surface area contributed by atoms with Crippen molar-refractivity contribution in [2.24, 2.45) is 0 Å². The van der Waals surface area contributed by atoms with Crippen LogP contribution in [0.15, 0.2) is 0 Å². The van der Waals surface area contributed by atoms with Crippen molar-refractivity contribution in [2.75, 3.05) is 32.7 Å². The number of hydrogen-bond donors (Lipinski definition) is 0. The Morgan fingerprint density at radius 3 is 2.29 bits per heavy atom. The van der Waals surface area contributed by atoms with Gasteiger partial charge in [0.15, 0.2) is 0 Å². The molecule has 0 saturated carbocycles. The fourth-order valence-corrected chi connectivity index (χ4v) is 1.80. The Labute approximate surface area is 87.1 Å². The molecule has 0 aromatic heterocycles. The summed E-state index contributed by atoms with van der Waals surface area (Å²) in [6, 6.07) is 0. The van der Waals surface area contributed by atoms with Crippen molar-refractivity contribution >= 4 is 5.91 Å². The molecule has 1 aliphatic heterocycles. The van der Waals surface area contributed by atoms with Crippen LogP contribution in [0, 0.1) is 0 Å². The molecular formula is C11H22N2O. The third-order valence-electron chi connectivity index (χ3n) is 2.92. The maximum absolute atomic E-state index is 11.7. The molecule has 1 fully saturated rings. The fraction of sp³-hybridized carbons (Fsp3) is 0.909. The number of unbranched alkanes of at least 4 members (excludes halogenated alkanes) is 1. The van der Waals surface area contributed by atoms with Crippen LogP contribution in [0.3, 0.4) is 0 Å². The first-order valence-corrected chi connectivity index (χ1v) is 5.78. The van der Waals surface area contributed by atoms with Gasteiger partial charge in [-0.15, -0.1) is 0 Å². The van der Waals surface area contributed by atoms with E-state index < -0.39 is 0 Å². The third kappa shape index (κ3) is 3.29. The molecule has 0 atom stereocenters. The molecule has 0 bridgehead atoms. The van der Waals surface area contributed by atoms with Gasteiger partial charge in [-0.25, -0.2) is 0 Å². The largest absolute Gasteiger partial charge is 0.340 e. The maximum Gasteiger partial charge on any atom is 0.222 e. The van der Waals surface area contributed by atoms with E-state index in [1.165, 1.54) is 0 Å². The number of nitrogens with zero attached hydrogens (tertiary/aromatic N) is 2. The molecule has 0 aromatic carbocycles. The number of piperazine rings is 1. The lowest BCUT2D eigenvalue weighted by Gasteiger charge is -2.34. The lowest BCUT2D eigenvalue weighted by atomic mass is 10.2. The van der Waals surface area contributed by atoms with Crippen LogP contribution in [0.5, 0.6) is 0 Å². The first-order valence-electron chi connectivity index (χ1n) is 5.78. The highest BCUT2D eigenvalue weighted by molar-refractivity contribution is 5.76. The van der Waals surface area contributed by atoms with Gasteiger partial charge in [0.2, 0.25) is 5.91 Å². The van der Waals surface area contributed by atoms with Crippen molar-refractivity contribution < 1.29 is 4.79 Å². The van der Waals surface area contributed by atoms with Gasteiger partial charge in [-0.05, 0) is 13.0 Å². The van der Waals surface area contributed by atoms with Crippen molar-refractivity contribution in [3.8, 4) is 0 Å². The van der Waals surface area contributed by atoms with Gasteiger partial charge in [0.05, 0.1) is 0 Å². The van der Waals surface area contributed by atoms with E-state index in [0.717, 1.165) is 52.0 Å². The van der Waals surface area contributed by atoms with E-state index in [1.807, 2.05) is 4.90 Å². The van der Waals surface area contributed by atoms with Crippen molar-refractivity contribution in [2.45, 2.75) is 33.1 Å². The average Bonchev–Trinajstić information content (AvgIpc) is 2.26. The first kappa shape index (κ1) is 11.5. The van der Waals surface area contributed by atoms with Crippen LogP contribution in [0.25, 0.3) is 0 Å². The lowest BCUT2D eigenvalue weighted by Crippen LogP contribution is -2.48. The van der Waals surface area contributed by atoms with Crippen LogP contribution >= 0.6 is 0 Å². The number of amides is 1. The molecule has 1 aliphatic rings. The summed E-state index contributed by atoms with van der Waals surface area (Å²) in [5.74, 6) is 0.350. The summed E-state index contributed by atoms with van der Waals surface area (Å²) >= 11 is 0. The molecule has 1 amide bonds. The van der Waals surface area contributed by atoms with E-state index in [9.17, 15) is 4.79 Å². The highest BCUT2D eigenvalue weighted by Crippen LogP contribution is 2.05. The van der Waals surface area contributed by atoms with Gasteiger partial charge in [0.1, 0.15) is 0 Å². The quantitative estimate of drug-likeness (QED) is 0.680. The molecule has 0 N–H and O–H groups in total. The highest BCUT2D eigenvalue weighted by atomic mass is 16.2. The van der Waals surface area contributed by atoms with E-state index in [1.54, 1.807) is 0 Å². The average molecular weight is 198 g/mol. The van der Waals surface area contributed by atoms with Gasteiger partial charge >= 0.3 is 0 Å². The van der Waals surface area contributed by atoms with E-state index in [-0.39, 0.29) is 0 Å². The van der Waals surface area contributed by atoms with Gasteiger partial charge in [-0.1, -0.05) is 20.3 Å². The Kier molecular flexibility index (Phi) is 4.94. The van der Waals surface area contributed by atoms with E-state index >= 15 is 0 Å². The van der Waals surface area contributed by atoms with Gasteiger partial charge in [-0.2, -0.15) is 0 Å². The van der Waals surface area contributed by atoms with Gasteiger partial charge in [0, 0.05) is 32.6 Å². The Hall–Kier alpha value is -0.570. The molecule has 0 radical (unpaired) electrons. The minimum atomic E-state index is 0.350. The number of carbonyl (C=O) groups excluding carboxylic acids is 1. The molecule has 82 valence electrons. The SMILES string of the molecule is CCCCC(=O)N1CCN(CC)CC1. The maximum atomic E-state index is 11.7. The zero-order valence-electron chi connectivity index (χ0n) is 9.46. The normalized spacial score (nSPS) is 18.6. The molecule has 1 heterocycles. The fourth-order valence-electron chi connectivity index (χ4n) is 1.80. The van der Waals surface area contributed by atoms with Crippen molar-refractivity contribution in [1.82, 2.24) is 9.80 Å². The summed E-state index contributed by atoms with van der Waals surface area (Å²) in [6.07, 6.45) is 2.89. The topological polar surface area (TPSA) is 23.6 Å². The van der Waals surface area contributed by atoms with Crippen LogP contribution < -0.4 is 0 Å². The molecule has 1 rings (SSSR count). The van der Waals surface area contributed by atoms with Gasteiger partial charge in [-0.3, -0.25) is 4.79 Å². The molecule has 14 heavy (non-hydrogen) atoms. The van der Waals surface area contributed by atoms with E-state index in [2.05, 4.69) is 18.7 Å². The standard InChI is InChI=1S/C11H22N2O/c1-3-5-6-11(14)13-9-7-12(4-2)8-10-13/h3-10H2,1-2H3. The van der Waals surface area contributed by atoms with Crippen LogP contribution in [0.4, 0.5) is 0 Å². The Bertz CT molecular complexity index is 174. The molecule has 0 aromatic rings. The molecule has 3 nitrogen and oxygen atoms in total. The number of rotatable bonds is 4. The van der Waals surface area contributed by atoms with Crippen molar-refractivity contribution in [1.29, 1.82) is 0 Å². The van der Waals surface area contributed by atoms with Crippen LogP contribution in [-0.2, 0) is 4.79 Å². The highest BCUT2D eigenvalue weighted by Gasteiger charge is 2.18. The Balaban J connectivity index is 2.23. The summed E-state index contributed by atoms with van der Waals surface area (Å²) in [5, 5.41) is 0. The number of hydrogen-bond acceptors (Lipinski definition) is 2. The molecular weight excluding hydrogens is 176 g/mol. The summed E-state index contributed by atoms with van der Waals surface area (Å²) in [4.78, 5) is 16.1. The molecule has 1 saturated heterocycles. The van der Waals surface area contributed by atoms with Crippen LogP contribution in [-0.4, -0.2) is 48.4 Å². The summed E-state index contributed by atoms with van der Waals surface area (Å²) < 4.78 is 0. The van der Waals surface area contributed by atoms with Gasteiger partial charge < -0.3 is 9.80 Å². The monoisotopic (exact) mass is 198 g/mol. The molecule has 0 unspecified atom stereocenters. The van der Waals surface area contributed by atoms with Crippen molar-refractivity contribution in [3.05, 3.63) is 0 Å². The van der Waals surface area contributed by atoms with Crippen LogP contribution in [0.2, 0.25) is 0 Å². The van der Waals surface area contributed by atoms with Crippen molar-refractivity contribution in [3.63, 3.8) is 0 Å². The summed E-state index contributed by atoms with van der Waals surface area (Å²) in [7, 11) is 0. The molecule has 0 spiro atoms. The first-order chi connectivity index (χ1) is 6.77. The number of likely N-dealkylation sites (N-methyl/N-ethyl adjacent to an activating group) is 1. The Morgan fingerprint density at radius 2 is 1.79 bits per heavy atom. The summed E-state index contributed by atoms with van der Waals surface area (Å²) in [5.41, 5.74) is 0.